The molecular weight excluding hydrogens is 367 g/mol. The van der Waals surface area contributed by atoms with E-state index in [1.54, 1.807) is 12.1 Å². The second-order valence-corrected chi connectivity index (χ2v) is 6.61. The molecule has 2 aliphatic rings. The minimum Gasteiger partial charge on any atom is -0.342 e. The first-order valence-electron chi connectivity index (χ1n) is 6.23. The van der Waals surface area contributed by atoms with E-state index in [2.05, 4.69) is 21.2 Å². The Labute approximate surface area is 134 Å². The molecule has 20 heavy (non-hydrogen) atoms. The van der Waals surface area contributed by atoms with Crippen LogP contribution in [-0.4, -0.2) is 24.4 Å². The Morgan fingerprint density at radius 3 is 2.55 bits per heavy atom. The van der Waals surface area contributed by atoms with E-state index in [1.807, 2.05) is 0 Å². The summed E-state index contributed by atoms with van der Waals surface area (Å²) in [5, 5.41) is 3.37. The Morgan fingerprint density at radius 2 is 1.90 bits per heavy atom. The van der Waals surface area contributed by atoms with Gasteiger partial charge in [0.2, 0.25) is 11.8 Å². The average Bonchev–Trinajstić information content (AvgIpc) is 3.23. The first kappa shape index (κ1) is 14.2. The fourth-order valence-corrected chi connectivity index (χ4v) is 3.22. The molecule has 1 heterocycles. The maximum Gasteiger partial charge on any atom is 0.250 e. The summed E-state index contributed by atoms with van der Waals surface area (Å²) in [6.07, 6.45) is 1.94. The predicted octanol–water partition coefficient (Wildman–Crippen LogP) is 3.00. The van der Waals surface area contributed by atoms with Crippen LogP contribution in [0.1, 0.15) is 12.8 Å². The molecule has 1 aromatic rings. The van der Waals surface area contributed by atoms with Gasteiger partial charge in [-0.1, -0.05) is 23.2 Å². The number of benzene rings is 1. The highest BCUT2D eigenvalue weighted by Crippen LogP contribution is 2.40. The van der Waals surface area contributed by atoms with E-state index >= 15 is 0 Å². The van der Waals surface area contributed by atoms with Crippen LogP contribution >= 0.6 is 39.1 Å². The van der Waals surface area contributed by atoms with Crippen LogP contribution in [0.3, 0.4) is 0 Å². The summed E-state index contributed by atoms with van der Waals surface area (Å²) < 4.78 is 0.653. The van der Waals surface area contributed by atoms with Crippen LogP contribution in [0, 0.1) is 5.92 Å². The highest BCUT2D eigenvalue weighted by Gasteiger charge is 2.43. The molecule has 0 aromatic heterocycles. The van der Waals surface area contributed by atoms with Crippen LogP contribution in [0.5, 0.6) is 0 Å². The smallest absolute Gasteiger partial charge is 0.250 e. The van der Waals surface area contributed by atoms with Crippen LogP contribution < -0.4 is 10.2 Å². The molecule has 1 atom stereocenters. The van der Waals surface area contributed by atoms with E-state index in [0.717, 1.165) is 12.8 Å². The molecule has 4 nitrogen and oxygen atoms in total. The number of amides is 2. The van der Waals surface area contributed by atoms with Crippen LogP contribution in [0.25, 0.3) is 0 Å². The molecule has 2 fully saturated rings. The van der Waals surface area contributed by atoms with E-state index in [0.29, 0.717) is 15.2 Å². The molecular formula is C13H11BrCl2N2O2. The fourth-order valence-electron chi connectivity index (χ4n) is 2.35. The largest absolute Gasteiger partial charge is 0.342 e. The predicted molar refractivity (Wildman–Crippen MR) is 81.2 cm³/mol. The summed E-state index contributed by atoms with van der Waals surface area (Å²) in [4.78, 5) is 25.7. The normalized spacial score (nSPS) is 22.9. The number of hydrogen-bond acceptors (Lipinski definition) is 2. The Bertz CT molecular complexity index is 604. The zero-order chi connectivity index (χ0) is 14.4. The van der Waals surface area contributed by atoms with Gasteiger partial charge >= 0.3 is 0 Å². The Hall–Kier alpha value is -0.780. The molecule has 0 spiro atoms. The van der Waals surface area contributed by atoms with Gasteiger partial charge in [0.25, 0.3) is 0 Å². The molecule has 1 aliphatic carbocycles. The molecule has 7 heteroatoms. The third kappa shape index (κ3) is 2.43. The van der Waals surface area contributed by atoms with E-state index in [4.69, 9.17) is 23.2 Å². The summed E-state index contributed by atoms with van der Waals surface area (Å²) >= 11 is 15.6. The number of nitrogens with zero attached hydrogens (tertiary/aromatic N) is 1. The van der Waals surface area contributed by atoms with E-state index in [-0.39, 0.29) is 29.3 Å². The van der Waals surface area contributed by atoms with E-state index in [9.17, 15) is 9.59 Å². The number of carbonyl (C=O) groups excluding carboxylic acids is 2. The van der Waals surface area contributed by atoms with Crippen molar-refractivity contribution in [3.05, 3.63) is 26.7 Å². The Morgan fingerprint density at radius 1 is 1.20 bits per heavy atom. The van der Waals surface area contributed by atoms with Crippen molar-refractivity contribution in [2.45, 2.75) is 18.9 Å². The number of halogens is 3. The van der Waals surface area contributed by atoms with E-state index in [1.165, 1.54) is 4.90 Å². The van der Waals surface area contributed by atoms with Gasteiger partial charge in [0, 0.05) is 4.47 Å². The first-order chi connectivity index (χ1) is 9.49. The molecule has 1 saturated heterocycles. The molecule has 3 rings (SSSR count). The topological polar surface area (TPSA) is 49.4 Å². The minimum absolute atomic E-state index is 0.0280. The van der Waals surface area contributed by atoms with Gasteiger partial charge in [-0.15, -0.1) is 0 Å². The third-order valence-electron chi connectivity index (χ3n) is 3.55. The summed E-state index contributed by atoms with van der Waals surface area (Å²) in [6, 6.07) is 2.98. The van der Waals surface area contributed by atoms with Crippen LogP contribution in [0.15, 0.2) is 16.6 Å². The van der Waals surface area contributed by atoms with Crippen molar-refractivity contribution in [3.8, 4) is 0 Å². The minimum atomic E-state index is -0.435. The van der Waals surface area contributed by atoms with Crippen LogP contribution in [0.2, 0.25) is 10.0 Å². The Kier molecular flexibility index (Phi) is 3.69. The standard InChI is InChI=1S/C13H11BrCl2N2O2/c14-7-3-4-8(11(16)10(7)15)18-5-9(19)17-12(13(18)20)6-1-2-6/h3-4,6,12H,1-2,5H2,(H,17,19). The first-order valence-corrected chi connectivity index (χ1v) is 7.78. The quantitative estimate of drug-likeness (QED) is 0.805. The summed E-state index contributed by atoms with van der Waals surface area (Å²) in [5.74, 6) is -0.0389. The van der Waals surface area contributed by atoms with Crippen molar-refractivity contribution >= 4 is 56.6 Å². The van der Waals surface area contributed by atoms with Crippen LogP contribution in [0.4, 0.5) is 5.69 Å². The maximum atomic E-state index is 12.5. The lowest BCUT2D eigenvalue weighted by atomic mass is 10.1. The molecule has 1 saturated carbocycles. The number of carbonyl (C=O) groups is 2. The third-order valence-corrected chi connectivity index (χ3v) is 5.31. The van der Waals surface area contributed by atoms with Gasteiger partial charge in [0.15, 0.2) is 0 Å². The highest BCUT2D eigenvalue weighted by molar-refractivity contribution is 9.10. The number of anilines is 1. The number of piperazine rings is 1. The molecule has 0 radical (unpaired) electrons. The van der Waals surface area contributed by atoms with Crippen molar-refractivity contribution in [1.82, 2.24) is 5.32 Å². The van der Waals surface area contributed by atoms with Gasteiger partial charge in [0.1, 0.15) is 12.6 Å². The lowest BCUT2D eigenvalue weighted by Crippen LogP contribution is -2.59. The van der Waals surface area contributed by atoms with Gasteiger partial charge in [0.05, 0.1) is 15.7 Å². The Balaban J connectivity index is 1.97. The van der Waals surface area contributed by atoms with Crippen molar-refractivity contribution in [2.24, 2.45) is 5.92 Å². The molecule has 1 unspecified atom stereocenters. The second kappa shape index (κ2) is 5.20. The molecule has 1 aromatic carbocycles. The summed E-state index contributed by atoms with van der Waals surface area (Å²) in [7, 11) is 0. The number of nitrogens with one attached hydrogen (secondary N) is 1. The van der Waals surface area contributed by atoms with E-state index < -0.39 is 6.04 Å². The zero-order valence-corrected chi connectivity index (χ0v) is 13.4. The van der Waals surface area contributed by atoms with Crippen molar-refractivity contribution in [2.75, 3.05) is 11.4 Å². The van der Waals surface area contributed by atoms with Gasteiger partial charge in [-0.2, -0.15) is 0 Å². The fraction of sp³-hybridized carbons (Fsp3) is 0.385. The second-order valence-electron chi connectivity index (χ2n) is 5.00. The summed E-state index contributed by atoms with van der Waals surface area (Å²) in [6.45, 7) is -0.0280. The van der Waals surface area contributed by atoms with Crippen molar-refractivity contribution in [1.29, 1.82) is 0 Å². The monoisotopic (exact) mass is 376 g/mol. The molecule has 1 N–H and O–H groups in total. The van der Waals surface area contributed by atoms with Crippen LogP contribution in [-0.2, 0) is 9.59 Å². The van der Waals surface area contributed by atoms with Gasteiger partial charge < -0.3 is 5.32 Å². The lowest BCUT2D eigenvalue weighted by Gasteiger charge is -2.33. The number of hydrogen-bond donors (Lipinski definition) is 1. The van der Waals surface area contributed by atoms with Gasteiger partial charge in [-0.25, -0.2) is 0 Å². The maximum absolute atomic E-state index is 12.5. The van der Waals surface area contributed by atoms with Crippen molar-refractivity contribution < 1.29 is 9.59 Å². The summed E-state index contributed by atoms with van der Waals surface area (Å²) in [5.41, 5.74) is 0.477. The lowest BCUT2D eigenvalue weighted by molar-refractivity contribution is -0.131. The SMILES string of the molecule is O=C1CN(c2ccc(Br)c(Cl)c2Cl)C(=O)C(C2CC2)N1. The van der Waals surface area contributed by atoms with Gasteiger partial charge in [-0.3, -0.25) is 14.5 Å². The molecule has 0 bridgehead atoms. The molecule has 2 amide bonds. The zero-order valence-electron chi connectivity index (χ0n) is 10.3. The van der Waals surface area contributed by atoms with Crippen molar-refractivity contribution in [3.63, 3.8) is 0 Å². The van der Waals surface area contributed by atoms with Gasteiger partial charge in [-0.05, 0) is 46.8 Å². The molecule has 106 valence electrons. The number of rotatable bonds is 2. The average molecular weight is 378 g/mol. The molecule has 1 aliphatic heterocycles. The highest BCUT2D eigenvalue weighted by atomic mass is 79.9.